The van der Waals surface area contributed by atoms with Crippen LogP contribution in [0.25, 0.3) is 6.08 Å². The van der Waals surface area contributed by atoms with E-state index in [0.29, 0.717) is 12.2 Å². The molecule has 1 fully saturated rings. The summed E-state index contributed by atoms with van der Waals surface area (Å²) in [5.74, 6) is -0.270. The highest BCUT2D eigenvalue weighted by atomic mass is 16.2. The van der Waals surface area contributed by atoms with Gasteiger partial charge in [0.2, 0.25) is 0 Å². The second-order valence-corrected chi connectivity index (χ2v) is 3.73. The minimum absolute atomic E-state index is 0.270. The monoisotopic (exact) mass is 231 g/mol. The zero-order chi connectivity index (χ0) is 12.3. The predicted molar refractivity (Wildman–Crippen MR) is 62.7 cm³/mol. The highest BCUT2D eigenvalue weighted by molar-refractivity contribution is 6.13. The van der Waals surface area contributed by atoms with Crippen LogP contribution in [-0.4, -0.2) is 28.4 Å². The fourth-order valence-corrected chi connectivity index (χ4v) is 1.62. The van der Waals surface area contributed by atoms with Crippen molar-refractivity contribution in [2.24, 2.45) is 0 Å². The summed E-state index contributed by atoms with van der Waals surface area (Å²) in [4.78, 5) is 28.5. The summed E-state index contributed by atoms with van der Waals surface area (Å²) >= 11 is 0. The molecule has 0 aliphatic carbocycles. The van der Waals surface area contributed by atoms with Gasteiger partial charge >= 0.3 is 6.03 Å². The van der Waals surface area contributed by atoms with Gasteiger partial charge in [0.25, 0.3) is 5.91 Å². The third-order valence-electron chi connectivity index (χ3n) is 2.43. The fourth-order valence-electron chi connectivity index (χ4n) is 1.62. The lowest BCUT2D eigenvalue weighted by Crippen LogP contribution is -2.31. The van der Waals surface area contributed by atoms with Gasteiger partial charge in [-0.3, -0.25) is 14.7 Å². The van der Waals surface area contributed by atoms with Crippen LogP contribution < -0.4 is 5.32 Å². The first-order valence-corrected chi connectivity index (χ1v) is 5.47. The number of amides is 3. The number of aromatic nitrogens is 1. The zero-order valence-electron chi connectivity index (χ0n) is 9.51. The summed E-state index contributed by atoms with van der Waals surface area (Å²) in [5, 5.41) is 2.57. The maximum absolute atomic E-state index is 11.9. The lowest BCUT2D eigenvalue weighted by Gasteiger charge is -2.08. The second-order valence-electron chi connectivity index (χ2n) is 3.73. The van der Waals surface area contributed by atoms with Gasteiger partial charge in [-0.05, 0) is 30.2 Å². The van der Waals surface area contributed by atoms with Crippen molar-refractivity contribution in [1.29, 1.82) is 0 Å². The SMILES string of the molecule is CCCN1C(=O)N/C(=C\c2ccncc2)C1=O. The first-order chi connectivity index (χ1) is 8.22. The standard InChI is InChI=1S/C12H13N3O2/c1-2-7-15-11(16)10(14-12(15)17)8-9-3-5-13-6-4-9/h3-6,8H,2,7H2,1H3,(H,14,17)/b10-8-. The number of nitrogens with one attached hydrogen (secondary N) is 1. The lowest BCUT2D eigenvalue weighted by atomic mass is 10.2. The number of imide groups is 1. The molecule has 17 heavy (non-hydrogen) atoms. The molecular formula is C12H13N3O2. The quantitative estimate of drug-likeness (QED) is 0.631. The van der Waals surface area contributed by atoms with Gasteiger partial charge in [0, 0.05) is 18.9 Å². The number of carbonyl (C=O) groups is 2. The molecule has 0 spiro atoms. The topological polar surface area (TPSA) is 62.3 Å². The van der Waals surface area contributed by atoms with Crippen molar-refractivity contribution in [3.63, 3.8) is 0 Å². The van der Waals surface area contributed by atoms with Crippen molar-refractivity contribution >= 4 is 18.0 Å². The molecule has 0 unspecified atom stereocenters. The van der Waals surface area contributed by atoms with E-state index in [1.54, 1.807) is 30.6 Å². The Hall–Kier alpha value is -2.17. The van der Waals surface area contributed by atoms with Gasteiger partial charge in [-0.25, -0.2) is 4.79 Å². The smallest absolute Gasteiger partial charge is 0.303 e. The van der Waals surface area contributed by atoms with Crippen LogP contribution in [0.3, 0.4) is 0 Å². The Balaban J connectivity index is 2.22. The van der Waals surface area contributed by atoms with Crippen molar-refractivity contribution in [1.82, 2.24) is 15.2 Å². The Labute approximate surface area is 99.1 Å². The van der Waals surface area contributed by atoms with E-state index in [9.17, 15) is 9.59 Å². The van der Waals surface area contributed by atoms with Crippen molar-refractivity contribution < 1.29 is 9.59 Å². The Morgan fingerprint density at radius 2 is 2.06 bits per heavy atom. The molecule has 1 aromatic heterocycles. The molecule has 5 nitrogen and oxygen atoms in total. The normalized spacial score (nSPS) is 17.7. The zero-order valence-corrected chi connectivity index (χ0v) is 9.51. The molecule has 5 heteroatoms. The molecule has 1 N–H and O–H groups in total. The molecule has 2 rings (SSSR count). The molecule has 2 heterocycles. The summed E-state index contributed by atoms with van der Waals surface area (Å²) < 4.78 is 0. The summed E-state index contributed by atoms with van der Waals surface area (Å²) in [5.41, 5.74) is 1.15. The van der Waals surface area contributed by atoms with Crippen molar-refractivity contribution in [2.75, 3.05) is 6.54 Å². The van der Waals surface area contributed by atoms with E-state index in [0.717, 1.165) is 12.0 Å². The van der Waals surface area contributed by atoms with Crippen LogP contribution >= 0.6 is 0 Å². The van der Waals surface area contributed by atoms with Crippen LogP contribution in [0.2, 0.25) is 0 Å². The maximum Gasteiger partial charge on any atom is 0.329 e. The van der Waals surface area contributed by atoms with Crippen LogP contribution in [0.5, 0.6) is 0 Å². The lowest BCUT2D eigenvalue weighted by molar-refractivity contribution is -0.122. The van der Waals surface area contributed by atoms with Gasteiger partial charge < -0.3 is 5.32 Å². The van der Waals surface area contributed by atoms with Crippen LogP contribution in [0.4, 0.5) is 4.79 Å². The van der Waals surface area contributed by atoms with Crippen molar-refractivity contribution in [3.05, 3.63) is 35.8 Å². The highest BCUT2D eigenvalue weighted by Gasteiger charge is 2.32. The molecule has 0 saturated carbocycles. The van der Waals surface area contributed by atoms with Crippen molar-refractivity contribution in [2.45, 2.75) is 13.3 Å². The van der Waals surface area contributed by atoms with E-state index < -0.39 is 0 Å². The minimum atomic E-state index is -0.350. The Morgan fingerprint density at radius 3 is 2.71 bits per heavy atom. The third kappa shape index (κ3) is 2.33. The predicted octanol–water partition coefficient (Wildman–Crippen LogP) is 1.38. The average Bonchev–Trinajstić information content (AvgIpc) is 2.59. The van der Waals surface area contributed by atoms with E-state index in [4.69, 9.17) is 0 Å². The Morgan fingerprint density at radius 1 is 1.35 bits per heavy atom. The molecule has 3 amide bonds. The van der Waals surface area contributed by atoms with Gasteiger partial charge in [-0.1, -0.05) is 6.92 Å². The Bertz CT molecular complexity index is 468. The largest absolute Gasteiger partial charge is 0.329 e. The fraction of sp³-hybridized carbons (Fsp3) is 0.250. The number of carbonyl (C=O) groups excluding carboxylic acids is 2. The number of nitrogens with zero attached hydrogens (tertiary/aromatic N) is 2. The summed E-state index contributed by atoms with van der Waals surface area (Å²) in [6.45, 7) is 2.36. The van der Waals surface area contributed by atoms with Gasteiger partial charge in [0.15, 0.2) is 0 Å². The van der Waals surface area contributed by atoms with Crippen LogP contribution in [0, 0.1) is 0 Å². The minimum Gasteiger partial charge on any atom is -0.303 e. The number of pyridine rings is 1. The first-order valence-electron chi connectivity index (χ1n) is 5.47. The van der Waals surface area contributed by atoms with E-state index in [-0.39, 0.29) is 11.9 Å². The van der Waals surface area contributed by atoms with Crippen LogP contribution in [0.15, 0.2) is 30.2 Å². The molecule has 1 aliphatic rings. The third-order valence-corrected chi connectivity index (χ3v) is 2.43. The van der Waals surface area contributed by atoms with Crippen LogP contribution in [-0.2, 0) is 4.79 Å². The molecule has 1 aromatic rings. The number of hydrogen-bond acceptors (Lipinski definition) is 3. The molecule has 0 radical (unpaired) electrons. The summed E-state index contributed by atoms with van der Waals surface area (Å²) in [6, 6.07) is 3.20. The van der Waals surface area contributed by atoms with Crippen molar-refractivity contribution in [3.8, 4) is 0 Å². The number of rotatable bonds is 3. The maximum atomic E-state index is 11.9. The summed E-state index contributed by atoms with van der Waals surface area (Å²) in [6.07, 6.45) is 5.67. The van der Waals surface area contributed by atoms with E-state index >= 15 is 0 Å². The molecular weight excluding hydrogens is 218 g/mol. The van der Waals surface area contributed by atoms with Gasteiger partial charge in [-0.15, -0.1) is 0 Å². The average molecular weight is 231 g/mol. The second kappa shape index (κ2) is 4.78. The van der Waals surface area contributed by atoms with Gasteiger partial charge in [-0.2, -0.15) is 0 Å². The molecule has 1 saturated heterocycles. The van der Waals surface area contributed by atoms with E-state index in [1.807, 2.05) is 6.92 Å². The van der Waals surface area contributed by atoms with E-state index in [2.05, 4.69) is 10.3 Å². The molecule has 0 aromatic carbocycles. The van der Waals surface area contributed by atoms with Gasteiger partial charge in [0.1, 0.15) is 5.70 Å². The molecule has 1 aliphatic heterocycles. The van der Waals surface area contributed by atoms with Crippen LogP contribution in [0.1, 0.15) is 18.9 Å². The molecule has 88 valence electrons. The highest BCUT2D eigenvalue weighted by Crippen LogP contribution is 2.13. The van der Waals surface area contributed by atoms with Gasteiger partial charge in [0.05, 0.1) is 0 Å². The molecule has 0 atom stereocenters. The molecule has 0 bridgehead atoms. The Kier molecular flexibility index (Phi) is 3.18. The van der Waals surface area contributed by atoms with E-state index in [1.165, 1.54) is 4.90 Å². The first kappa shape index (κ1) is 11.3. The summed E-state index contributed by atoms with van der Waals surface area (Å²) in [7, 11) is 0. The number of hydrogen-bond donors (Lipinski definition) is 1. The number of urea groups is 1.